The molecule has 1 N–H and O–H groups in total. The highest BCUT2D eigenvalue weighted by Crippen LogP contribution is 2.10. The Morgan fingerprint density at radius 1 is 1.07 bits per heavy atom. The van der Waals surface area contributed by atoms with Crippen molar-refractivity contribution in [2.45, 2.75) is 19.8 Å². The van der Waals surface area contributed by atoms with Crippen LogP contribution >= 0.6 is 0 Å². The Hall–Kier alpha value is -2.93. The zero-order valence-corrected chi connectivity index (χ0v) is 17.7. The third-order valence-corrected chi connectivity index (χ3v) is 3.83. The Morgan fingerprint density at radius 2 is 1.79 bits per heavy atom. The standard InChI is InChI=1S/C15H24N2O2.C7H7NO2/c1-4-5-10-16-14-8-6-13(7-9-14)15(18)19-12-11-17(2)3;1-10-7(9)6-3-2-4-8-5-6/h6-9,16H,4-5,10-12H2,1-3H3;2-5H,1H3. The van der Waals surface area contributed by atoms with Crippen molar-refractivity contribution in [3.8, 4) is 0 Å². The second-order valence-electron chi connectivity index (χ2n) is 6.53. The topological polar surface area (TPSA) is 80.8 Å². The lowest BCUT2D eigenvalue weighted by atomic mass is 10.2. The summed E-state index contributed by atoms with van der Waals surface area (Å²) in [5.41, 5.74) is 2.11. The van der Waals surface area contributed by atoms with Crippen molar-refractivity contribution >= 4 is 17.6 Å². The number of pyridine rings is 1. The average molecular weight is 402 g/mol. The molecule has 2 rings (SSSR count). The van der Waals surface area contributed by atoms with Crippen LogP contribution in [-0.2, 0) is 9.47 Å². The van der Waals surface area contributed by atoms with Crippen LogP contribution in [0.5, 0.6) is 0 Å². The fourth-order valence-corrected chi connectivity index (χ4v) is 2.14. The number of nitrogens with one attached hydrogen (secondary N) is 1. The number of methoxy groups -OCH3 is 1. The second kappa shape index (κ2) is 14.1. The highest BCUT2D eigenvalue weighted by atomic mass is 16.5. The molecule has 0 saturated heterocycles. The van der Waals surface area contributed by atoms with Gasteiger partial charge in [0.05, 0.1) is 18.2 Å². The predicted molar refractivity (Wildman–Crippen MR) is 114 cm³/mol. The molecule has 0 atom stereocenters. The lowest BCUT2D eigenvalue weighted by molar-refractivity contribution is 0.0481. The van der Waals surface area contributed by atoms with Gasteiger partial charge in [0.1, 0.15) is 6.61 Å². The summed E-state index contributed by atoms with van der Waals surface area (Å²) in [6.45, 7) is 4.28. The van der Waals surface area contributed by atoms with E-state index in [1.165, 1.54) is 19.7 Å². The zero-order valence-electron chi connectivity index (χ0n) is 17.7. The number of esters is 2. The number of hydrogen-bond acceptors (Lipinski definition) is 7. The maximum atomic E-state index is 11.7. The highest BCUT2D eigenvalue weighted by molar-refractivity contribution is 5.90. The van der Waals surface area contributed by atoms with Crippen molar-refractivity contribution < 1.29 is 19.1 Å². The molecule has 0 saturated carbocycles. The van der Waals surface area contributed by atoms with Crippen LogP contribution in [0.25, 0.3) is 0 Å². The molecule has 158 valence electrons. The summed E-state index contributed by atoms with van der Waals surface area (Å²) in [5.74, 6) is -0.616. The number of benzene rings is 1. The van der Waals surface area contributed by atoms with Gasteiger partial charge in [-0.25, -0.2) is 9.59 Å². The minimum atomic E-state index is -0.354. The molecule has 0 aliphatic carbocycles. The number of nitrogens with zero attached hydrogens (tertiary/aromatic N) is 2. The fraction of sp³-hybridized carbons (Fsp3) is 0.409. The first kappa shape index (κ1) is 24.1. The molecule has 7 heteroatoms. The van der Waals surface area contributed by atoms with E-state index in [9.17, 15) is 9.59 Å². The van der Waals surface area contributed by atoms with Gasteiger partial charge in [-0.05, 0) is 56.9 Å². The molecular weight excluding hydrogens is 370 g/mol. The van der Waals surface area contributed by atoms with Crippen molar-refractivity contribution in [1.82, 2.24) is 9.88 Å². The summed E-state index contributed by atoms with van der Waals surface area (Å²) in [7, 11) is 5.24. The average Bonchev–Trinajstić information content (AvgIpc) is 2.74. The molecule has 0 bridgehead atoms. The van der Waals surface area contributed by atoms with Gasteiger partial charge < -0.3 is 19.7 Å². The van der Waals surface area contributed by atoms with Crippen LogP contribution in [0, 0.1) is 0 Å². The van der Waals surface area contributed by atoms with E-state index in [1.54, 1.807) is 30.5 Å². The predicted octanol–water partition coefficient (Wildman–Crippen LogP) is 3.49. The summed E-state index contributed by atoms with van der Waals surface area (Å²) >= 11 is 0. The van der Waals surface area contributed by atoms with E-state index in [4.69, 9.17) is 4.74 Å². The van der Waals surface area contributed by atoms with E-state index in [0.717, 1.165) is 25.2 Å². The largest absolute Gasteiger partial charge is 0.465 e. The number of hydrogen-bond donors (Lipinski definition) is 1. The van der Waals surface area contributed by atoms with Crippen molar-refractivity contribution in [3.63, 3.8) is 0 Å². The molecule has 7 nitrogen and oxygen atoms in total. The third kappa shape index (κ3) is 10.3. The molecule has 29 heavy (non-hydrogen) atoms. The molecule has 0 radical (unpaired) electrons. The van der Waals surface area contributed by atoms with Crippen LogP contribution < -0.4 is 5.32 Å². The van der Waals surface area contributed by atoms with Crippen LogP contribution in [0.4, 0.5) is 5.69 Å². The number of likely N-dealkylation sites (N-methyl/N-ethyl adjacent to an activating group) is 1. The van der Waals surface area contributed by atoms with Gasteiger partial charge in [0, 0.05) is 31.2 Å². The second-order valence-corrected chi connectivity index (χ2v) is 6.53. The quantitative estimate of drug-likeness (QED) is 0.509. The summed E-state index contributed by atoms with van der Waals surface area (Å²) in [5, 5.41) is 3.31. The Balaban J connectivity index is 0.000000352. The molecular formula is C22H31N3O4. The minimum absolute atomic E-state index is 0.262. The Kier molecular flexibility index (Phi) is 11.7. The van der Waals surface area contributed by atoms with Crippen molar-refractivity contribution in [3.05, 3.63) is 59.9 Å². The SMILES string of the molecule is CCCCNc1ccc(C(=O)OCCN(C)C)cc1.COC(=O)c1cccnc1. The highest BCUT2D eigenvalue weighted by Gasteiger charge is 2.06. The first-order chi connectivity index (χ1) is 14.0. The van der Waals surface area contributed by atoms with E-state index in [0.29, 0.717) is 17.7 Å². The normalized spacial score (nSPS) is 9.97. The monoisotopic (exact) mass is 401 g/mol. The summed E-state index contributed by atoms with van der Waals surface area (Å²) in [4.78, 5) is 28.2. The summed E-state index contributed by atoms with van der Waals surface area (Å²) < 4.78 is 9.63. The number of carbonyl (C=O) groups is 2. The van der Waals surface area contributed by atoms with Crippen LogP contribution in [0.15, 0.2) is 48.8 Å². The molecule has 0 aliphatic heterocycles. The number of carbonyl (C=O) groups excluding carboxylic acids is 2. The van der Waals surface area contributed by atoms with E-state index in [1.807, 2.05) is 31.1 Å². The van der Waals surface area contributed by atoms with Gasteiger partial charge in [0.15, 0.2) is 0 Å². The number of unbranched alkanes of at least 4 members (excludes halogenated alkanes) is 1. The van der Waals surface area contributed by atoms with Crippen molar-refractivity contribution in [1.29, 1.82) is 0 Å². The fourth-order valence-electron chi connectivity index (χ4n) is 2.14. The molecule has 0 amide bonds. The molecule has 1 aromatic carbocycles. The smallest absolute Gasteiger partial charge is 0.339 e. The first-order valence-electron chi connectivity index (χ1n) is 9.62. The molecule has 2 aromatic rings. The van der Waals surface area contributed by atoms with Gasteiger partial charge in [-0.15, -0.1) is 0 Å². The van der Waals surface area contributed by atoms with Crippen LogP contribution in [-0.4, -0.2) is 62.7 Å². The lowest BCUT2D eigenvalue weighted by Gasteiger charge is -2.10. The molecule has 1 aromatic heterocycles. The zero-order chi connectivity index (χ0) is 21.5. The van der Waals surface area contributed by atoms with Gasteiger partial charge in [-0.3, -0.25) is 4.98 Å². The minimum Gasteiger partial charge on any atom is -0.465 e. The molecule has 0 fully saturated rings. The maximum absolute atomic E-state index is 11.7. The van der Waals surface area contributed by atoms with Crippen molar-refractivity contribution in [2.24, 2.45) is 0 Å². The number of ether oxygens (including phenoxy) is 2. The van der Waals surface area contributed by atoms with E-state index in [-0.39, 0.29) is 11.9 Å². The van der Waals surface area contributed by atoms with Crippen molar-refractivity contribution in [2.75, 3.05) is 46.2 Å². The van der Waals surface area contributed by atoms with Crippen LogP contribution in [0.1, 0.15) is 40.5 Å². The molecule has 0 unspecified atom stereocenters. The third-order valence-electron chi connectivity index (χ3n) is 3.83. The Labute approximate surface area is 173 Å². The number of anilines is 1. The van der Waals surface area contributed by atoms with Gasteiger partial charge in [-0.1, -0.05) is 13.3 Å². The van der Waals surface area contributed by atoms with E-state index in [2.05, 4.69) is 22.0 Å². The first-order valence-corrected chi connectivity index (χ1v) is 9.62. The van der Waals surface area contributed by atoms with Gasteiger partial charge >= 0.3 is 11.9 Å². The number of aromatic nitrogens is 1. The maximum Gasteiger partial charge on any atom is 0.339 e. The van der Waals surface area contributed by atoms with Gasteiger partial charge in [0.25, 0.3) is 0 Å². The molecule has 0 spiro atoms. The van der Waals surface area contributed by atoms with Crippen LogP contribution in [0.3, 0.4) is 0 Å². The number of rotatable bonds is 9. The van der Waals surface area contributed by atoms with E-state index < -0.39 is 0 Å². The molecule has 0 aliphatic rings. The lowest BCUT2D eigenvalue weighted by Crippen LogP contribution is -2.20. The van der Waals surface area contributed by atoms with Gasteiger partial charge in [0.2, 0.25) is 0 Å². The van der Waals surface area contributed by atoms with E-state index >= 15 is 0 Å². The Morgan fingerprint density at radius 3 is 2.34 bits per heavy atom. The Bertz CT molecular complexity index is 719. The summed E-state index contributed by atoms with van der Waals surface area (Å²) in [6.07, 6.45) is 5.38. The summed E-state index contributed by atoms with van der Waals surface area (Å²) in [6, 6.07) is 10.8. The molecule has 1 heterocycles. The van der Waals surface area contributed by atoms with Crippen LogP contribution in [0.2, 0.25) is 0 Å². The van der Waals surface area contributed by atoms with Gasteiger partial charge in [-0.2, -0.15) is 0 Å².